The summed E-state index contributed by atoms with van der Waals surface area (Å²) in [5, 5.41) is 27.7. The second kappa shape index (κ2) is 12.0. The zero-order chi connectivity index (χ0) is 32.0. The fraction of sp³-hybridized carbons (Fsp3) is 0.588. The van der Waals surface area contributed by atoms with Crippen LogP contribution in [0.15, 0.2) is 42.6 Å². The summed E-state index contributed by atoms with van der Waals surface area (Å²) in [4.78, 5) is 47.0. The van der Waals surface area contributed by atoms with Crippen LogP contribution in [0.2, 0.25) is 0 Å². The summed E-state index contributed by atoms with van der Waals surface area (Å²) >= 11 is 0. The molecule has 3 aliphatic heterocycles. The van der Waals surface area contributed by atoms with Gasteiger partial charge in [-0.25, -0.2) is 4.79 Å². The van der Waals surface area contributed by atoms with Gasteiger partial charge in [-0.1, -0.05) is 43.2 Å². The van der Waals surface area contributed by atoms with Gasteiger partial charge in [0.05, 0.1) is 29.9 Å². The van der Waals surface area contributed by atoms with Crippen molar-refractivity contribution in [1.82, 2.24) is 20.5 Å². The summed E-state index contributed by atoms with van der Waals surface area (Å²) in [6.45, 7) is 5.59. The fourth-order valence-electron chi connectivity index (χ4n) is 7.17. The number of rotatable bonds is 4. The van der Waals surface area contributed by atoms with Gasteiger partial charge in [0.1, 0.15) is 22.9 Å². The third kappa shape index (κ3) is 6.43. The van der Waals surface area contributed by atoms with Gasteiger partial charge in [-0.3, -0.25) is 19.9 Å². The van der Waals surface area contributed by atoms with Gasteiger partial charge in [0.2, 0.25) is 18.2 Å². The van der Waals surface area contributed by atoms with Crippen molar-refractivity contribution in [2.24, 2.45) is 5.92 Å². The van der Waals surface area contributed by atoms with Crippen LogP contribution >= 0.6 is 0 Å². The number of aliphatic carboxylic acids is 1. The number of ether oxygens (including phenoxy) is 2. The Hall–Kier alpha value is -3.54. The molecule has 6 unspecified atom stereocenters. The number of benzene rings is 1. The van der Waals surface area contributed by atoms with Crippen LogP contribution in [0.4, 0.5) is 0 Å². The number of aryl methyl sites for hydroxylation is 1. The molecule has 4 heterocycles. The lowest BCUT2D eigenvalue weighted by Gasteiger charge is -2.36. The highest BCUT2D eigenvalue weighted by Crippen LogP contribution is 2.47. The van der Waals surface area contributed by atoms with Crippen molar-refractivity contribution in [1.29, 1.82) is 0 Å². The molecule has 45 heavy (non-hydrogen) atoms. The predicted molar refractivity (Wildman–Crippen MR) is 166 cm³/mol. The molecule has 1 aromatic heterocycles. The van der Waals surface area contributed by atoms with E-state index in [0.717, 1.165) is 42.1 Å². The smallest absolute Gasteiger partial charge is 0.330 e. The number of carbonyl (C=O) groups is 3. The van der Waals surface area contributed by atoms with Crippen LogP contribution in [0.3, 0.4) is 0 Å². The highest BCUT2D eigenvalue weighted by atomic mass is 16.6. The topological polar surface area (TPSA) is 150 Å². The molecule has 1 saturated heterocycles. The van der Waals surface area contributed by atoms with Crippen LogP contribution in [-0.2, 0) is 25.5 Å². The number of aliphatic hydroxyl groups excluding tert-OH is 1. The average Bonchev–Trinajstić information content (AvgIpc) is 3.56. The van der Waals surface area contributed by atoms with Crippen LogP contribution in [0, 0.1) is 5.92 Å². The zero-order valence-corrected chi connectivity index (χ0v) is 26.3. The number of hydrogen-bond donors (Lipinski definition) is 4. The highest BCUT2D eigenvalue weighted by molar-refractivity contribution is 5.95. The standard InChI is InChI=1S/C34H44N4O7/c1-32(2,3)45-31(43)36-25-14-8-6-4-5-7-11-21-17-34(21,30(41)42)37-28(39)26-18-33(20-38(26)29(25)40)16-15-23-22-12-9-10-13-24(22)35-19-27(23)44-33/h7,9-13,19,21,25-26,31,36,43H,4-6,8,14-18,20H2,1-3H3,(H,37,39)(H,41,42). The molecule has 4 N–H and O–H groups in total. The van der Waals surface area contributed by atoms with Crippen molar-refractivity contribution >= 4 is 28.7 Å². The van der Waals surface area contributed by atoms with Gasteiger partial charge in [-0.05, 0) is 65.4 Å². The minimum Gasteiger partial charge on any atom is -0.483 e. The molecule has 0 radical (unpaired) electrons. The second-order valence-corrected chi connectivity index (χ2v) is 14.0. The number of para-hydroxylation sites is 1. The largest absolute Gasteiger partial charge is 0.483 e. The predicted octanol–water partition coefficient (Wildman–Crippen LogP) is 3.43. The zero-order valence-electron chi connectivity index (χ0n) is 26.3. The van der Waals surface area contributed by atoms with Crippen LogP contribution in [0.5, 0.6) is 5.75 Å². The van der Waals surface area contributed by atoms with Gasteiger partial charge in [0.25, 0.3) is 0 Å². The summed E-state index contributed by atoms with van der Waals surface area (Å²) in [7, 11) is 0. The van der Waals surface area contributed by atoms with Crippen LogP contribution in [0.1, 0.15) is 77.7 Å². The van der Waals surface area contributed by atoms with E-state index in [0.29, 0.717) is 31.4 Å². The Morgan fingerprint density at radius 3 is 2.78 bits per heavy atom. The van der Waals surface area contributed by atoms with E-state index in [-0.39, 0.29) is 24.8 Å². The third-order valence-electron chi connectivity index (χ3n) is 9.57. The number of hydrogen-bond acceptors (Lipinski definition) is 8. The Morgan fingerprint density at radius 1 is 1.20 bits per heavy atom. The van der Waals surface area contributed by atoms with E-state index in [9.17, 15) is 24.6 Å². The first-order valence-corrected chi connectivity index (χ1v) is 16.1. The van der Waals surface area contributed by atoms with Crippen LogP contribution in [-0.4, -0.2) is 79.7 Å². The van der Waals surface area contributed by atoms with E-state index in [1.807, 2.05) is 57.2 Å². The number of carbonyl (C=O) groups excluding carboxylic acids is 2. The lowest BCUT2D eigenvalue weighted by molar-refractivity contribution is -0.188. The number of allylic oxidation sites excluding steroid dienone is 1. The first kappa shape index (κ1) is 31.4. The number of nitrogens with zero attached hydrogens (tertiary/aromatic N) is 2. The molecule has 2 fully saturated rings. The maximum atomic E-state index is 14.4. The minimum absolute atomic E-state index is 0.147. The maximum absolute atomic E-state index is 14.4. The molecule has 242 valence electrons. The third-order valence-corrected chi connectivity index (χ3v) is 9.57. The van der Waals surface area contributed by atoms with Crippen molar-refractivity contribution in [3.05, 3.63) is 48.2 Å². The Balaban J connectivity index is 1.32. The van der Waals surface area contributed by atoms with Crippen molar-refractivity contribution in [2.45, 2.75) is 114 Å². The Bertz CT molecular complexity index is 1510. The van der Waals surface area contributed by atoms with Crippen LogP contribution < -0.4 is 15.4 Å². The normalized spacial score (nSPS) is 31.2. The molecule has 1 saturated carbocycles. The van der Waals surface area contributed by atoms with Crippen molar-refractivity contribution in [3.8, 4) is 5.75 Å². The SMILES string of the molecule is CC(C)(C)OC(O)NC1CCCCCC=CC2CC2(C(=O)O)NC(=O)C2CC3(CCc4c(cnc5ccccc45)O3)CN2C1=O. The molecule has 1 spiro atoms. The average molecular weight is 621 g/mol. The first-order valence-electron chi connectivity index (χ1n) is 16.1. The number of aromatic nitrogens is 1. The molecule has 6 atom stereocenters. The fourth-order valence-corrected chi connectivity index (χ4v) is 7.17. The highest BCUT2D eigenvalue weighted by Gasteiger charge is 2.62. The number of aliphatic hydroxyl groups is 1. The number of pyridine rings is 1. The molecule has 1 aromatic carbocycles. The molecule has 0 bridgehead atoms. The lowest BCUT2D eigenvalue weighted by Crippen LogP contribution is -2.57. The van der Waals surface area contributed by atoms with Crippen LogP contribution in [0.25, 0.3) is 10.9 Å². The number of amides is 2. The molecular weight excluding hydrogens is 576 g/mol. The van der Waals surface area contributed by atoms with Crippen molar-refractivity contribution in [3.63, 3.8) is 0 Å². The van der Waals surface area contributed by atoms with E-state index < -0.39 is 47.1 Å². The molecule has 1 aliphatic carbocycles. The molecule has 6 rings (SSSR count). The summed E-state index contributed by atoms with van der Waals surface area (Å²) in [6.07, 6.45) is 9.64. The molecule has 2 aromatic rings. The van der Waals surface area contributed by atoms with E-state index in [4.69, 9.17) is 9.47 Å². The summed E-state index contributed by atoms with van der Waals surface area (Å²) in [5.41, 5.74) is -0.984. The quantitative estimate of drug-likeness (QED) is 0.298. The van der Waals surface area contributed by atoms with Gasteiger partial charge in [-0.15, -0.1) is 0 Å². The van der Waals surface area contributed by atoms with E-state index in [1.165, 1.54) is 4.90 Å². The van der Waals surface area contributed by atoms with E-state index in [1.54, 1.807) is 6.20 Å². The summed E-state index contributed by atoms with van der Waals surface area (Å²) < 4.78 is 12.3. The van der Waals surface area contributed by atoms with Gasteiger partial charge < -0.3 is 29.9 Å². The number of nitrogens with one attached hydrogen (secondary N) is 2. The van der Waals surface area contributed by atoms with Gasteiger partial charge in [0, 0.05) is 23.3 Å². The lowest BCUT2D eigenvalue weighted by atomic mass is 9.87. The minimum atomic E-state index is -1.40. The van der Waals surface area contributed by atoms with Gasteiger partial charge in [0.15, 0.2) is 0 Å². The van der Waals surface area contributed by atoms with Crippen molar-refractivity contribution in [2.75, 3.05) is 6.54 Å². The summed E-state index contributed by atoms with van der Waals surface area (Å²) in [5.74, 6) is -1.61. The Labute approximate surface area is 263 Å². The molecule has 4 aliphatic rings. The Morgan fingerprint density at radius 2 is 2.00 bits per heavy atom. The molecule has 11 nitrogen and oxygen atoms in total. The Kier molecular flexibility index (Phi) is 8.38. The van der Waals surface area contributed by atoms with Gasteiger partial charge >= 0.3 is 5.97 Å². The molecule has 2 amide bonds. The number of fused-ring (bicyclic) bond motifs is 5. The second-order valence-electron chi connectivity index (χ2n) is 14.0. The van der Waals surface area contributed by atoms with E-state index in [2.05, 4.69) is 15.6 Å². The number of carboxylic acids is 1. The summed E-state index contributed by atoms with van der Waals surface area (Å²) in [6, 6.07) is 6.11. The monoisotopic (exact) mass is 620 g/mol. The number of carboxylic acid groups (broad SMARTS) is 1. The molecular formula is C34H44N4O7. The van der Waals surface area contributed by atoms with Crippen molar-refractivity contribution < 1.29 is 34.1 Å². The van der Waals surface area contributed by atoms with Gasteiger partial charge in [-0.2, -0.15) is 0 Å². The molecule has 11 heteroatoms. The first-order chi connectivity index (χ1) is 21.4. The van der Waals surface area contributed by atoms with E-state index >= 15 is 0 Å². The maximum Gasteiger partial charge on any atom is 0.330 e.